The van der Waals surface area contributed by atoms with E-state index in [2.05, 4.69) is 29.0 Å². The van der Waals surface area contributed by atoms with Crippen molar-refractivity contribution >= 4 is 17.7 Å². The first-order valence-corrected chi connectivity index (χ1v) is 8.01. The molecule has 1 saturated carbocycles. The van der Waals surface area contributed by atoms with Gasteiger partial charge in [0.1, 0.15) is 0 Å². The summed E-state index contributed by atoms with van der Waals surface area (Å²) in [6, 6.07) is 8.08. The summed E-state index contributed by atoms with van der Waals surface area (Å²) >= 11 is 1.79. The molecule has 0 unspecified atom stereocenters. The zero-order valence-electron chi connectivity index (χ0n) is 11.7. The maximum Gasteiger partial charge on any atom is 0.339 e. The fourth-order valence-corrected chi connectivity index (χ4v) is 2.90. The first-order chi connectivity index (χ1) is 10.2. The average molecular weight is 300 g/mol. The number of rotatable bonds is 5. The van der Waals surface area contributed by atoms with Gasteiger partial charge >= 0.3 is 5.97 Å². The summed E-state index contributed by atoms with van der Waals surface area (Å²) in [5.74, 6) is 0.982. The summed E-state index contributed by atoms with van der Waals surface area (Å²) in [6.45, 7) is 2.12. The highest BCUT2D eigenvalue weighted by atomic mass is 32.2. The van der Waals surface area contributed by atoms with E-state index in [1.807, 2.05) is 12.1 Å². The molecule has 21 heavy (non-hydrogen) atoms. The lowest BCUT2D eigenvalue weighted by Crippen LogP contribution is -2.06. The molecule has 0 bridgehead atoms. The summed E-state index contributed by atoms with van der Waals surface area (Å²) in [5.41, 5.74) is 1.84. The Balaban J connectivity index is 1.95. The molecule has 1 fully saturated rings. The first-order valence-electron chi connectivity index (χ1n) is 7.02. The highest BCUT2D eigenvalue weighted by molar-refractivity contribution is 7.99. The van der Waals surface area contributed by atoms with Gasteiger partial charge in [0.2, 0.25) is 0 Å². The molecule has 1 aromatic heterocycles. The Labute approximate surface area is 127 Å². The number of thioether (sulfide) groups is 1. The second-order valence-electron chi connectivity index (χ2n) is 5.03. The molecule has 4 nitrogen and oxygen atoms in total. The van der Waals surface area contributed by atoms with E-state index in [0.29, 0.717) is 11.5 Å². The predicted molar refractivity (Wildman–Crippen MR) is 82.8 cm³/mol. The lowest BCUT2D eigenvalue weighted by molar-refractivity contribution is 0.0694. The van der Waals surface area contributed by atoms with E-state index in [1.165, 1.54) is 11.1 Å². The average Bonchev–Trinajstić information content (AvgIpc) is 3.32. The largest absolute Gasteiger partial charge is 0.478 e. The summed E-state index contributed by atoms with van der Waals surface area (Å²) in [5, 5.41) is 9.22. The number of aromatic carboxylic acids is 1. The number of carboxylic acid groups (broad SMARTS) is 1. The predicted octanol–water partition coefficient (Wildman–Crippen LogP) is 3.83. The summed E-state index contributed by atoms with van der Waals surface area (Å²) in [6.07, 6.45) is 3.47. The van der Waals surface area contributed by atoms with E-state index >= 15 is 0 Å². The van der Waals surface area contributed by atoms with Crippen LogP contribution in [0.3, 0.4) is 0 Å². The minimum atomic E-state index is -0.946. The topological polar surface area (TPSA) is 63.1 Å². The number of nitrogens with zero attached hydrogens (tertiary/aromatic N) is 2. The van der Waals surface area contributed by atoms with Crippen LogP contribution < -0.4 is 0 Å². The van der Waals surface area contributed by atoms with Gasteiger partial charge in [0.15, 0.2) is 5.82 Å². The number of benzene rings is 1. The SMILES string of the molecule is CCSc1ccc(-c2ncc(C(=O)O)c(C3CC3)n2)cc1. The van der Waals surface area contributed by atoms with Crippen molar-refractivity contribution in [1.29, 1.82) is 0 Å². The second kappa shape index (κ2) is 5.85. The van der Waals surface area contributed by atoms with E-state index in [9.17, 15) is 9.90 Å². The number of carboxylic acids is 1. The van der Waals surface area contributed by atoms with Gasteiger partial charge in [0.05, 0.1) is 11.3 Å². The van der Waals surface area contributed by atoms with Crippen LogP contribution in [0.15, 0.2) is 35.4 Å². The van der Waals surface area contributed by atoms with Crippen molar-refractivity contribution in [2.24, 2.45) is 0 Å². The maximum atomic E-state index is 11.2. The fourth-order valence-electron chi connectivity index (χ4n) is 2.23. The molecule has 3 rings (SSSR count). The van der Waals surface area contributed by atoms with Gasteiger partial charge < -0.3 is 5.11 Å². The van der Waals surface area contributed by atoms with Gasteiger partial charge in [0.25, 0.3) is 0 Å². The third-order valence-electron chi connectivity index (χ3n) is 3.44. The molecule has 0 aliphatic heterocycles. The standard InChI is InChI=1S/C16H16N2O2S/c1-2-21-12-7-5-11(6-8-12)15-17-9-13(16(19)20)14(18-15)10-3-4-10/h5-10H,2-4H2,1H3,(H,19,20). The zero-order chi connectivity index (χ0) is 14.8. The van der Waals surface area contributed by atoms with Gasteiger partial charge in [-0.3, -0.25) is 0 Å². The van der Waals surface area contributed by atoms with Crippen molar-refractivity contribution in [2.45, 2.75) is 30.6 Å². The Bertz CT molecular complexity index is 666. The van der Waals surface area contributed by atoms with Gasteiger partial charge in [-0.15, -0.1) is 11.8 Å². The second-order valence-corrected chi connectivity index (χ2v) is 6.37. The first kappa shape index (κ1) is 14.1. The van der Waals surface area contributed by atoms with Crippen molar-refractivity contribution < 1.29 is 9.90 Å². The Hall–Kier alpha value is -1.88. The van der Waals surface area contributed by atoms with Gasteiger partial charge in [-0.1, -0.05) is 19.1 Å². The fraction of sp³-hybridized carbons (Fsp3) is 0.312. The maximum absolute atomic E-state index is 11.2. The number of aromatic nitrogens is 2. The van der Waals surface area contributed by atoms with Crippen molar-refractivity contribution in [2.75, 3.05) is 5.75 Å². The molecule has 1 aliphatic carbocycles. The van der Waals surface area contributed by atoms with Crippen LogP contribution in [0.1, 0.15) is 41.7 Å². The number of hydrogen-bond donors (Lipinski definition) is 1. The third kappa shape index (κ3) is 3.08. The number of hydrogen-bond acceptors (Lipinski definition) is 4. The molecular formula is C16H16N2O2S. The molecule has 0 spiro atoms. The zero-order valence-corrected chi connectivity index (χ0v) is 12.6. The minimum absolute atomic E-state index is 0.236. The third-order valence-corrected chi connectivity index (χ3v) is 4.33. The molecule has 108 valence electrons. The molecular weight excluding hydrogens is 284 g/mol. The van der Waals surface area contributed by atoms with Gasteiger partial charge in [-0.2, -0.15) is 0 Å². The van der Waals surface area contributed by atoms with Crippen molar-refractivity contribution in [3.63, 3.8) is 0 Å². The minimum Gasteiger partial charge on any atom is -0.478 e. The molecule has 2 aromatic rings. The Morgan fingerprint density at radius 2 is 2.05 bits per heavy atom. The highest BCUT2D eigenvalue weighted by Gasteiger charge is 2.30. The Morgan fingerprint density at radius 1 is 1.33 bits per heavy atom. The van der Waals surface area contributed by atoms with Gasteiger partial charge in [-0.05, 0) is 30.7 Å². The molecule has 1 N–H and O–H groups in total. The quantitative estimate of drug-likeness (QED) is 0.850. The molecule has 5 heteroatoms. The van der Waals surface area contributed by atoms with Gasteiger partial charge in [0, 0.05) is 22.6 Å². The monoisotopic (exact) mass is 300 g/mol. The molecule has 0 saturated heterocycles. The van der Waals surface area contributed by atoms with Crippen molar-refractivity contribution in [3.8, 4) is 11.4 Å². The van der Waals surface area contributed by atoms with E-state index in [-0.39, 0.29) is 11.5 Å². The van der Waals surface area contributed by atoms with Crippen LogP contribution in [0.5, 0.6) is 0 Å². The lowest BCUT2D eigenvalue weighted by Gasteiger charge is -2.07. The van der Waals surface area contributed by atoms with E-state index < -0.39 is 5.97 Å². The van der Waals surface area contributed by atoms with E-state index in [4.69, 9.17) is 0 Å². The summed E-state index contributed by atoms with van der Waals surface area (Å²) in [4.78, 5) is 21.2. The van der Waals surface area contributed by atoms with Crippen LogP contribution in [0, 0.1) is 0 Å². The highest BCUT2D eigenvalue weighted by Crippen LogP contribution is 2.41. The molecule has 1 aliphatic rings. The number of carbonyl (C=O) groups is 1. The smallest absolute Gasteiger partial charge is 0.339 e. The summed E-state index contributed by atoms with van der Waals surface area (Å²) in [7, 11) is 0. The van der Waals surface area contributed by atoms with E-state index in [0.717, 1.165) is 24.2 Å². The van der Waals surface area contributed by atoms with Crippen molar-refractivity contribution in [3.05, 3.63) is 41.7 Å². The Kier molecular flexibility index (Phi) is 3.92. The lowest BCUT2D eigenvalue weighted by atomic mass is 10.1. The molecule has 1 heterocycles. The van der Waals surface area contributed by atoms with Crippen LogP contribution in [-0.4, -0.2) is 26.8 Å². The molecule has 0 amide bonds. The van der Waals surface area contributed by atoms with Crippen LogP contribution in [0.25, 0.3) is 11.4 Å². The molecule has 0 radical (unpaired) electrons. The van der Waals surface area contributed by atoms with Crippen LogP contribution in [0.2, 0.25) is 0 Å². The van der Waals surface area contributed by atoms with Gasteiger partial charge in [-0.25, -0.2) is 14.8 Å². The van der Waals surface area contributed by atoms with E-state index in [1.54, 1.807) is 11.8 Å². The molecule has 0 atom stereocenters. The van der Waals surface area contributed by atoms with Crippen LogP contribution >= 0.6 is 11.8 Å². The molecule has 1 aromatic carbocycles. The van der Waals surface area contributed by atoms with Crippen LogP contribution in [-0.2, 0) is 0 Å². The Morgan fingerprint density at radius 3 is 2.62 bits per heavy atom. The normalized spacial score (nSPS) is 14.1. The van der Waals surface area contributed by atoms with Crippen molar-refractivity contribution in [1.82, 2.24) is 9.97 Å². The summed E-state index contributed by atoms with van der Waals surface area (Å²) < 4.78 is 0. The van der Waals surface area contributed by atoms with Crippen LogP contribution in [0.4, 0.5) is 0 Å².